The van der Waals surface area contributed by atoms with Crippen molar-refractivity contribution in [2.24, 2.45) is 0 Å². The van der Waals surface area contributed by atoms with Crippen LogP contribution in [0.2, 0.25) is 0 Å². The van der Waals surface area contributed by atoms with Crippen molar-refractivity contribution in [3.8, 4) is 11.5 Å². The third-order valence-electron chi connectivity index (χ3n) is 6.46. The predicted molar refractivity (Wildman–Crippen MR) is 125 cm³/mol. The molecule has 1 saturated heterocycles. The topological polar surface area (TPSA) is 87.0 Å². The maximum Gasteiger partial charge on any atom is 0.262 e. The molecule has 1 aromatic heterocycles. The fraction of sp³-hybridized carbons (Fsp3) is 0.308. The van der Waals surface area contributed by atoms with E-state index in [0.29, 0.717) is 49.7 Å². The number of aromatic nitrogens is 1. The first-order chi connectivity index (χ1) is 16.4. The monoisotopic (exact) mass is 458 g/mol. The van der Waals surface area contributed by atoms with Crippen molar-refractivity contribution in [3.05, 3.63) is 76.7 Å². The molecule has 0 bridgehead atoms. The number of hydrogen-bond donors (Lipinski definition) is 0. The van der Waals surface area contributed by atoms with Gasteiger partial charge in [-0.05, 0) is 38.1 Å². The van der Waals surface area contributed by atoms with Gasteiger partial charge in [-0.1, -0.05) is 29.8 Å². The summed E-state index contributed by atoms with van der Waals surface area (Å²) in [5.41, 5.74) is 3.74. The van der Waals surface area contributed by atoms with Crippen LogP contribution < -0.4 is 0 Å². The Balaban J connectivity index is 1.17. The van der Waals surface area contributed by atoms with Gasteiger partial charge < -0.3 is 9.32 Å². The summed E-state index contributed by atoms with van der Waals surface area (Å²) < 4.78 is 5.89. The Morgan fingerprint density at radius 2 is 1.53 bits per heavy atom. The highest BCUT2D eigenvalue weighted by atomic mass is 16.4. The lowest BCUT2D eigenvalue weighted by atomic mass is 10.1. The zero-order valence-corrected chi connectivity index (χ0v) is 19.3. The molecule has 1 fully saturated rings. The Bertz CT molecular complexity index is 1220. The summed E-state index contributed by atoms with van der Waals surface area (Å²) >= 11 is 0. The highest BCUT2D eigenvalue weighted by Crippen LogP contribution is 2.24. The van der Waals surface area contributed by atoms with E-state index in [1.54, 1.807) is 29.2 Å². The zero-order chi connectivity index (χ0) is 23.8. The molecule has 0 spiro atoms. The fourth-order valence-electron chi connectivity index (χ4n) is 4.38. The maximum atomic E-state index is 12.8. The quantitative estimate of drug-likeness (QED) is 0.547. The van der Waals surface area contributed by atoms with Crippen LogP contribution in [0.5, 0.6) is 0 Å². The van der Waals surface area contributed by atoms with E-state index in [4.69, 9.17) is 9.40 Å². The molecule has 0 atom stereocenters. The molecule has 8 nitrogen and oxygen atoms in total. The summed E-state index contributed by atoms with van der Waals surface area (Å²) in [6.07, 6.45) is 0. The Morgan fingerprint density at radius 1 is 0.912 bits per heavy atom. The van der Waals surface area contributed by atoms with E-state index in [1.807, 2.05) is 38.1 Å². The van der Waals surface area contributed by atoms with Gasteiger partial charge in [0.05, 0.1) is 16.8 Å². The van der Waals surface area contributed by atoms with Crippen molar-refractivity contribution in [1.29, 1.82) is 0 Å². The van der Waals surface area contributed by atoms with Crippen molar-refractivity contribution in [2.75, 3.05) is 32.7 Å². The predicted octanol–water partition coefficient (Wildman–Crippen LogP) is 2.90. The van der Waals surface area contributed by atoms with Crippen LogP contribution in [-0.4, -0.2) is 70.1 Å². The molecule has 34 heavy (non-hydrogen) atoms. The van der Waals surface area contributed by atoms with Crippen LogP contribution >= 0.6 is 0 Å². The Hall–Kier alpha value is -3.78. The number of piperazine rings is 1. The molecular formula is C26H26N4O4. The summed E-state index contributed by atoms with van der Waals surface area (Å²) in [6.45, 7) is 6.80. The number of hydrogen-bond acceptors (Lipinski definition) is 6. The van der Waals surface area contributed by atoms with Gasteiger partial charge in [0.15, 0.2) is 0 Å². The summed E-state index contributed by atoms with van der Waals surface area (Å²) in [4.78, 5) is 47.6. The molecule has 2 aromatic carbocycles. The van der Waals surface area contributed by atoms with E-state index in [1.165, 1.54) is 5.56 Å². The van der Waals surface area contributed by atoms with Crippen LogP contribution in [0, 0.1) is 13.8 Å². The molecule has 3 aromatic rings. The first-order valence-corrected chi connectivity index (χ1v) is 11.4. The molecule has 0 saturated carbocycles. The van der Waals surface area contributed by atoms with Crippen LogP contribution in [0.3, 0.4) is 0 Å². The Labute approximate surface area is 197 Å². The Morgan fingerprint density at radius 3 is 2.15 bits per heavy atom. The molecule has 2 aliphatic rings. The van der Waals surface area contributed by atoms with E-state index in [9.17, 15) is 14.4 Å². The third kappa shape index (κ3) is 4.12. The van der Waals surface area contributed by atoms with Gasteiger partial charge in [-0.2, -0.15) is 0 Å². The van der Waals surface area contributed by atoms with Gasteiger partial charge in [0, 0.05) is 38.3 Å². The average molecular weight is 459 g/mol. The van der Waals surface area contributed by atoms with Gasteiger partial charge in [0.2, 0.25) is 11.8 Å². The van der Waals surface area contributed by atoms with Gasteiger partial charge in [0.25, 0.3) is 11.8 Å². The van der Waals surface area contributed by atoms with Gasteiger partial charge in [0.1, 0.15) is 12.3 Å². The zero-order valence-electron chi connectivity index (χ0n) is 19.3. The molecule has 3 amide bonds. The lowest BCUT2D eigenvalue weighted by Gasteiger charge is -2.35. The lowest BCUT2D eigenvalue weighted by molar-refractivity contribution is -0.133. The average Bonchev–Trinajstić information content (AvgIpc) is 3.32. The first-order valence-electron chi connectivity index (χ1n) is 11.4. The standard InChI is InChI=1S/C26H26N4O4/c1-17-7-9-19(10-8-17)24-27-22(18(2)34-24)15-28-11-13-29(14-12-28)23(31)16-30-25(32)20-5-3-4-6-21(20)26(30)33/h3-10H,11-16H2,1-2H3. The third-order valence-corrected chi connectivity index (χ3v) is 6.46. The van der Waals surface area contributed by atoms with Crippen molar-refractivity contribution < 1.29 is 18.8 Å². The van der Waals surface area contributed by atoms with Gasteiger partial charge in [-0.25, -0.2) is 4.98 Å². The highest BCUT2D eigenvalue weighted by Gasteiger charge is 2.37. The number of oxazole rings is 1. The van der Waals surface area contributed by atoms with Crippen molar-refractivity contribution >= 4 is 17.7 Å². The van der Waals surface area contributed by atoms with E-state index in [-0.39, 0.29) is 12.5 Å². The molecule has 0 unspecified atom stereocenters. The van der Waals surface area contributed by atoms with Crippen LogP contribution in [0.15, 0.2) is 52.9 Å². The minimum atomic E-state index is -0.404. The second-order valence-corrected chi connectivity index (χ2v) is 8.79. The molecule has 0 N–H and O–H groups in total. The first kappa shape index (κ1) is 22.0. The number of carbonyl (C=O) groups is 3. The number of amides is 3. The molecule has 0 radical (unpaired) electrons. The number of fused-ring (bicyclic) bond motifs is 1. The molecule has 5 rings (SSSR count). The molecule has 8 heteroatoms. The number of carbonyl (C=O) groups excluding carboxylic acids is 3. The fourth-order valence-corrected chi connectivity index (χ4v) is 4.38. The Kier molecular flexibility index (Phi) is 5.75. The van der Waals surface area contributed by atoms with Crippen LogP contribution in [0.25, 0.3) is 11.5 Å². The second-order valence-electron chi connectivity index (χ2n) is 8.79. The van der Waals surface area contributed by atoms with Crippen molar-refractivity contribution in [1.82, 2.24) is 19.7 Å². The number of nitrogens with zero attached hydrogens (tertiary/aromatic N) is 4. The highest BCUT2D eigenvalue weighted by molar-refractivity contribution is 6.22. The summed E-state index contributed by atoms with van der Waals surface area (Å²) in [6, 6.07) is 14.7. The molecule has 174 valence electrons. The van der Waals surface area contributed by atoms with E-state index in [0.717, 1.165) is 21.9 Å². The molecule has 0 aliphatic carbocycles. The lowest BCUT2D eigenvalue weighted by Crippen LogP contribution is -2.51. The second kappa shape index (κ2) is 8.87. The summed E-state index contributed by atoms with van der Waals surface area (Å²) in [5.74, 6) is 0.382. The van der Waals surface area contributed by atoms with Crippen molar-refractivity contribution in [2.45, 2.75) is 20.4 Å². The van der Waals surface area contributed by atoms with Crippen molar-refractivity contribution in [3.63, 3.8) is 0 Å². The molecule has 2 aliphatic heterocycles. The normalized spacial score (nSPS) is 16.3. The maximum absolute atomic E-state index is 12.8. The SMILES string of the molecule is Cc1ccc(-c2nc(CN3CCN(C(=O)CN4C(=O)c5ccccc5C4=O)CC3)c(C)o2)cc1. The summed E-state index contributed by atoms with van der Waals surface area (Å²) in [5, 5.41) is 0. The van der Waals surface area contributed by atoms with Gasteiger partial charge in [-0.15, -0.1) is 0 Å². The van der Waals surface area contributed by atoms with Gasteiger partial charge in [-0.3, -0.25) is 24.2 Å². The number of rotatable bonds is 5. The molecular weight excluding hydrogens is 432 g/mol. The number of benzene rings is 2. The van der Waals surface area contributed by atoms with E-state index >= 15 is 0 Å². The van der Waals surface area contributed by atoms with Crippen LogP contribution in [-0.2, 0) is 11.3 Å². The van der Waals surface area contributed by atoms with E-state index < -0.39 is 11.8 Å². The smallest absolute Gasteiger partial charge is 0.262 e. The minimum Gasteiger partial charge on any atom is -0.441 e. The summed E-state index contributed by atoms with van der Waals surface area (Å²) in [7, 11) is 0. The number of imide groups is 1. The van der Waals surface area contributed by atoms with Crippen LogP contribution in [0.1, 0.15) is 37.7 Å². The van der Waals surface area contributed by atoms with Crippen LogP contribution in [0.4, 0.5) is 0 Å². The minimum absolute atomic E-state index is 0.214. The largest absolute Gasteiger partial charge is 0.441 e. The number of aryl methyl sites for hydroxylation is 2. The van der Waals surface area contributed by atoms with Gasteiger partial charge >= 0.3 is 0 Å². The molecule has 3 heterocycles. The van der Waals surface area contributed by atoms with E-state index in [2.05, 4.69) is 4.90 Å².